The second-order valence-electron chi connectivity index (χ2n) is 4.72. The first-order valence-electron chi connectivity index (χ1n) is 6.49. The molecule has 0 unspecified atom stereocenters. The van der Waals surface area contributed by atoms with Crippen LogP contribution in [0.5, 0.6) is 0 Å². The fourth-order valence-corrected chi connectivity index (χ4v) is 2.42. The quantitative estimate of drug-likeness (QED) is 0.697. The Morgan fingerprint density at radius 1 is 1.10 bits per heavy atom. The van der Waals surface area contributed by atoms with Crippen molar-refractivity contribution in [3.05, 3.63) is 65.0 Å². The van der Waals surface area contributed by atoms with Gasteiger partial charge in [-0.1, -0.05) is 11.6 Å². The molecule has 3 aromatic rings. The zero-order valence-corrected chi connectivity index (χ0v) is 12.5. The molecule has 0 aliphatic heterocycles. The van der Waals surface area contributed by atoms with E-state index < -0.39 is 0 Å². The predicted molar refractivity (Wildman–Crippen MR) is 83.3 cm³/mol. The predicted octanol–water partition coefficient (Wildman–Crippen LogP) is 3.22. The van der Waals surface area contributed by atoms with Crippen molar-refractivity contribution in [3.8, 4) is 5.69 Å². The van der Waals surface area contributed by atoms with Gasteiger partial charge in [-0.15, -0.1) is 10.2 Å². The van der Waals surface area contributed by atoms with E-state index in [0.29, 0.717) is 0 Å². The minimum Gasteiger partial charge on any atom is -0.318 e. The van der Waals surface area contributed by atoms with Gasteiger partial charge in [-0.2, -0.15) is 5.10 Å². The van der Waals surface area contributed by atoms with Gasteiger partial charge >= 0.3 is 0 Å². The highest BCUT2D eigenvalue weighted by molar-refractivity contribution is 6.30. The Balaban J connectivity index is 1.98. The maximum absolute atomic E-state index is 5.95. The molecule has 6 heteroatoms. The van der Waals surface area contributed by atoms with Crippen LogP contribution < -0.4 is 0 Å². The van der Waals surface area contributed by atoms with Gasteiger partial charge in [0, 0.05) is 27.7 Å². The second kappa shape index (κ2) is 5.54. The van der Waals surface area contributed by atoms with Crippen molar-refractivity contribution in [1.29, 1.82) is 0 Å². The van der Waals surface area contributed by atoms with E-state index in [4.69, 9.17) is 11.6 Å². The van der Waals surface area contributed by atoms with Crippen molar-refractivity contribution >= 4 is 17.8 Å². The van der Waals surface area contributed by atoms with Crippen molar-refractivity contribution in [3.63, 3.8) is 0 Å². The highest BCUT2D eigenvalue weighted by Crippen LogP contribution is 2.21. The molecule has 0 atom stereocenters. The van der Waals surface area contributed by atoms with E-state index in [1.807, 2.05) is 24.3 Å². The normalized spacial score (nSPS) is 11.4. The zero-order valence-electron chi connectivity index (χ0n) is 11.7. The fraction of sp³-hybridized carbons (Fsp3) is 0.133. The molecule has 0 aliphatic rings. The molecule has 21 heavy (non-hydrogen) atoms. The van der Waals surface area contributed by atoms with E-state index >= 15 is 0 Å². The van der Waals surface area contributed by atoms with Gasteiger partial charge in [0.2, 0.25) is 0 Å². The van der Waals surface area contributed by atoms with E-state index in [1.165, 1.54) is 0 Å². The first-order chi connectivity index (χ1) is 10.1. The summed E-state index contributed by atoms with van der Waals surface area (Å²) in [6, 6.07) is 9.88. The van der Waals surface area contributed by atoms with Crippen molar-refractivity contribution in [1.82, 2.24) is 19.4 Å². The van der Waals surface area contributed by atoms with Gasteiger partial charge in [-0.25, -0.2) is 4.68 Å². The summed E-state index contributed by atoms with van der Waals surface area (Å²) in [5.74, 6) is 0. The SMILES string of the molecule is Cc1cc(C=Nn2cnnc2)c(C)n1-c1ccc(Cl)cc1. The van der Waals surface area contributed by atoms with Crippen LogP contribution in [0, 0.1) is 13.8 Å². The summed E-state index contributed by atoms with van der Waals surface area (Å²) >= 11 is 5.95. The lowest BCUT2D eigenvalue weighted by Crippen LogP contribution is -1.99. The lowest BCUT2D eigenvalue weighted by atomic mass is 10.2. The molecule has 0 aliphatic carbocycles. The maximum Gasteiger partial charge on any atom is 0.141 e. The summed E-state index contributed by atoms with van der Waals surface area (Å²) < 4.78 is 3.73. The summed E-state index contributed by atoms with van der Waals surface area (Å²) in [5.41, 5.74) is 4.39. The molecular weight excluding hydrogens is 286 g/mol. The zero-order chi connectivity index (χ0) is 14.8. The smallest absolute Gasteiger partial charge is 0.141 e. The first-order valence-corrected chi connectivity index (χ1v) is 6.87. The summed E-state index contributed by atoms with van der Waals surface area (Å²) in [5, 5.41) is 12.5. The van der Waals surface area contributed by atoms with Crippen molar-refractivity contribution in [2.75, 3.05) is 0 Å². The molecule has 2 aromatic heterocycles. The second-order valence-corrected chi connectivity index (χ2v) is 5.16. The average Bonchev–Trinajstić information content (AvgIpc) is 3.07. The summed E-state index contributed by atoms with van der Waals surface area (Å²) in [7, 11) is 0. The third-order valence-electron chi connectivity index (χ3n) is 3.29. The molecule has 0 saturated heterocycles. The molecule has 0 saturated carbocycles. The topological polar surface area (TPSA) is 48.0 Å². The minimum atomic E-state index is 0.732. The molecule has 106 valence electrons. The number of hydrogen-bond donors (Lipinski definition) is 0. The summed E-state index contributed by atoms with van der Waals surface area (Å²) in [6.07, 6.45) is 4.90. The highest BCUT2D eigenvalue weighted by atomic mass is 35.5. The average molecular weight is 300 g/mol. The molecule has 5 nitrogen and oxygen atoms in total. The van der Waals surface area contributed by atoms with Crippen molar-refractivity contribution < 1.29 is 0 Å². The molecule has 0 amide bonds. The molecular formula is C15H14ClN5. The van der Waals surface area contributed by atoms with Crippen LogP contribution in [0.3, 0.4) is 0 Å². The third kappa shape index (κ3) is 2.73. The Hall–Kier alpha value is -2.40. The number of hydrogen-bond acceptors (Lipinski definition) is 3. The van der Waals surface area contributed by atoms with Gasteiger partial charge in [-0.3, -0.25) is 0 Å². The Morgan fingerprint density at radius 2 is 1.76 bits per heavy atom. The van der Waals surface area contributed by atoms with Crippen LogP contribution in [0.1, 0.15) is 17.0 Å². The van der Waals surface area contributed by atoms with E-state index in [1.54, 1.807) is 23.5 Å². The first kappa shape index (κ1) is 13.6. The lowest BCUT2D eigenvalue weighted by Gasteiger charge is -2.09. The Morgan fingerprint density at radius 3 is 2.43 bits per heavy atom. The molecule has 0 radical (unpaired) electrons. The van der Waals surface area contributed by atoms with Crippen molar-refractivity contribution in [2.45, 2.75) is 13.8 Å². The van der Waals surface area contributed by atoms with E-state index in [0.717, 1.165) is 27.7 Å². The standard InChI is InChI=1S/C15H14ClN5/c1-11-7-13(8-19-20-9-17-18-10-20)12(2)21(11)15-5-3-14(16)4-6-15/h3-10H,1-2H3. The third-order valence-corrected chi connectivity index (χ3v) is 3.54. The number of rotatable bonds is 3. The van der Waals surface area contributed by atoms with Crippen LogP contribution in [0.2, 0.25) is 5.02 Å². The van der Waals surface area contributed by atoms with E-state index in [-0.39, 0.29) is 0 Å². The van der Waals surface area contributed by atoms with Gasteiger partial charge in [0.1, 0.15) is 12.7 Å². The Bertz CT molecular complexity index is 769. The van der Waals surface area contributed by atoms with Gasteiger partial charge in [-0.05, 0) is 44.2 Å². The molecule has 0 fully saturated rings. The molecule has 2 heterocycles. The molecule has 0 N–H and O–H groups in total. The monoisotopic (exact) mass is 299 g/mol. The van der Waals surface area contributed by atoms with Gasteiger partial charge in [0.05, 0.1) is 6.21 Å². The van der Waals surface area contributed by atoms with Crippen LogP contribution in [0.15, 0.2) is 48.1 Å². The van der Waals surface area contributed by atoms with Crippen LogP contribution >= 0.6 is 11.6 Å². The lowest BCUT2D eigenvalue weighted by molar-refractivity contribution is 0.877. The Kier molecular flexibility index (Phi) is 3.58. The molecule has 1 aromatic carbocycles. The summed E-state index contributed by atoms with van der Waals surface area (Å²) in [6.45, 7) is 4.13. The molecule has 3 rings (SSSR count). The van der Waals surface area contributed by atoms with E-state index in [2.05, 4.69) is 39.8 Å². The highest BCUT2D eigenvalue weighted by Gasteiger charge is 2.09. The maximum atomic E-state index is 5.95. The van der Waals surface area contributed by atoms with Gasteiger partial charge < -0.3 is 4.57 Å². The number of nitrogens with zero attached hydrogens (tertiary/aromatic N) is 5. The van der Waals surface area contributed by atoms with Crippen LogP contribution in [0.4, 0.5) is 0 Å². The number of aryl methyl sites for hydroxylation is 1. The van der Waals surface area contributed by atoms with E-state index in [9.17, 15) is 0 Å². The largest absolute Gasteiger partial charge is 0.318 e. The molecule has 0 spiro atoms. The summed E-state index contributed by atoms with van der Waals surface area (Å²) in [4.78, 5) is 0. The Labute approximate surface area is 127 Å². The van der Waals surface area contributed by atoms with Crippen molar-refractivity contribution in [2.24, 2.45) is 5.10 Å². The van der Waals surface area contributed by atoms with Gasteiger partial charge in [0.15, 0.2) is 0 Å². The molecule has 0 bridgehead atoms. The van der Waals surface area contributed by atoms with Crippen LogP contribution in [-0.2, 0) is 0 Å². The number of aromatic nitrogens is 4. The number of benzene rings is 1. The number of halogens is 1. The van der Waals surface area contributed by atoms with Crippen LogP contribution in [-0.4, -0.2) is 25.7 Å². The van der Waals surface area contributed by atoms with Gasteiger partial charge in [0.25, 0.3) is 0 Å². The van der Waals surface area contributed by atoms with Crippen LogP contribution in [0.25, 0.3) is 5.69 Å². The fourth-order valence-electron chi connectivity index (χ4n) is 2.29. The minimum absolute atomic E-state index is 0.732.